The molecular weight excluding hydrogens is 617 g/mol. The predicted octanol–water partition coefficient (Wildman–Crippen LogP) is 14.0. The molecule has 1 nitrogen and oxygen atoms in total. The molecule has 1 aromatic heterocycles. The highest BCUT2D eigenvalue weighted by Gasteiger charge is 2.25. The number of rotatable bonds is 3. The molecule has 51 heavy (non-hydrogen) atoms. The minimum absolute atomic E-state index is 0.0519. The number of hydrogen-bond donors (Lipinski definition) is 0. The molecule has 0 N–H and O–H groups in total. The van der Waals surface area contributed by atoms with Crippen LogP contribution >= 0.6 is 0 Å². The maximum atomic E-state index is 9.72. The second-order valence-electron chi connectivity index (χ2n) is 13.8. The van der Waals surface area contributed by atoms with Gasteiger partial charge in [0.2, 0.25) is 0 Å². The first-order chi connectivity index (χ1) is 28.2. The highest BCUT2D eigenvalue weighted by atomic mass is 16.3. The van der Waals surface area contributed by atoms with Gasteiger partial charge in [0, 0.05) is 16.7 Å². The topological polar surface area (TPSA) is 13.1 Å². The van der Waals surface area contributed by atoms with Crippen LogP contribution in [0.1, 0.15) is 38.6 Å². The summed E-state index contributed by atoms with van der Waals surface area (Å²) in [6, 6.07) is 36.8. The molecule has 1 atom stereocenters. The molecule has 11 aromatic rings. The van der Waals surface area contributed by atoms with Gasteiger partial charge in [-0.15, -0.1) is 0 Å². The number of hydrogen-bond acceptors (Lipinski definition) is 1. The zero-order chi connectivity index (χ0) is 39.3. The van der Waals surface area contributed by atoms with Gasteiger partial charge in [0.1, 0.15) is 11.2 Å². The molecule has 0 amide bonds. The number of furan rings is 1. The van der Waals surface area contributed by atoms with Crippen LogP contribution in [0.25, 0.3) is 97.7 Å². The monoisotopic (exact) mass is 653 g/mol. The lowest BCUT2D eigenvalue weighted by Gasteiger charge is -2.26. The van der Waals surface area contributed by atoms with Gasteiger partial charge in [0.15, 0.2) is 0 Å². The van der Waals surface area contributed by atoms with Gasteiger partial charge in [-0.25, -0.2) is 0 Å². The molecule has 1 aliphatic rings. The van der Waals surface area contributed by atoms with Crippen LogP contribution in [0, 0.1) is 0 Å². The van der Waals surface area contributed by atoms with Crippen LogP contribution in [0.4, 0.5) is 0 Å². The fourth-order valence-electron chi connectivity index (χ4n) is 8.91. The van der Waals surface area contributed by atoms with E-state index in [1.165, 1.54) is 37.7 Å². The Labute approximate surface area is 303 Å². The van der Waals surface area contributed by atoms with E-state index in [-0.39, 0.29) is 63.6 Å². The fourth-order valence-corrected chi connectivity index (χ4v) is 8.91. The molecule has 12 rings (SSSR count). The zero-order valence-electron chi connectivity index (χ0n) is 34.2. The van der Waals surface area contributed by atoms with Gasteiger partial charge in [-0.05, 0) is 123 Å². The number of fused-ring (bicyclic) bond motifs is 3. The largest absolute Gasteiger partial charge is 0.456 e. The Hall–Kier alpha value is -6.44. The Bertz CT molecular complexity index is 3670. The van der Waals surface area contributed by atoms with Crippen molar-refractivity contribution in [2.75, 3.05) is 0 Å². The molecular formula is C50H30O. The van der Waals surface area contributed by atoms with Crippen molar-refractivity contribution < 1.29 is 14.0 Å². The van der Waals surface area contributed by atoms with Gasteiger partial charge < -0.3 is 4.42 Å². The molecule has 1 heterocycles. The zero-order valence-corrected chi connectivity index (χ0v) is 27.2. The van der Waals surface area contributed by atoms with Crippen molar-refractivity contribution in [2.45, 2.75) is 12.3 Å². The standard InChI is InChI=1S/C50H30O/c1-2-13-45-40(11-1)44-27-34(20-23-46(44)51-45)36-24-37(39-21-18-33-17-15-29-6-3-7-31-19-22-42(39)50(33)47(29)31)26-38(25-36)43-28-35-10-4-8-30-14-16-32-9-5-12-41(43)49(32)48(30)35/h1-25,27-28,37H,26H2/i1D,2D,11D,13D,20D,23D,27D. The molecule has 0 saturated carbocycles. The second-order valence-corrected chi connectivity index (χ2v) is 13.8. The Kier molecular flexibility index (Phi) is 4.26. The van der Waals surface area contributed by atoms with Crippen molar-refractivity contribution in [2.24, 2.45) is 0 Å². The molecule has 236 valence electrons. The Morgan fingerprint density at radius 2 is 1.16 bits per heavy atom. The van der Waals surface area contributed by atoms with Gasteiger partial charge in [0.25, 0.3) is 0 Å². The maximum Gasteiger partial charge on any atom is 0.135 e. The lowest BCUT2D eigenvalue weighted by Crippen LogP contribution is -2.05. The highest BCUT2D eigenvalue weighted by molar-refractivity contribution is 6.26. The van der Waals surface area contributed by atoms with Gasteiger partial charge in [-0.2, -0.15) is 0 Å². The van der Waals surface area contributed by atoms with Crippen molar-refractivity contribution in [3.05, 3.63) is 180 Å². The molecule has 10 aromatic carbocycles. The lowest BCUT2D eigenvalue weighted by atomic mass is 9.77. The summed E-state index contributed by atoms with van der Waals surface area (Å²) >= 11 is 0. The van der Waals surface area contributed by atoms with Crippen molar-refractivity contribution in [1.29, 1.82) is 0 Å². The smallest absolute Gasteiger partial charge is 0.135 e. The first-order valence-electron chi connectivity index (χ1n) is 20.9. The quantitative estimate of drug-likeness (QED) is 0.173. The van der Waals surface area contributed by atoms with Crippen LogP contribution < -0.4 is 0 Å². The third-order valence-electron chi connectivity index (χ3n) is 11.1. The molecule has 0 fully saturated rings. The number of benzene rings is 10. The van der Waals surface area contributed by atoms with Gasteiger partial charge in [-0.3, -0.25) is 0 Å². The number of allylic oxidation sites excluding steroid dienone is 4. The van der Waals surface area contributed by atoms with Crippen LogP contribution in [0.3, 0.4) is 0 Å². The molecule has 1 aliphatic carbocycles. The summed E-state index contributed by atoms with van der Waals surface area (Å²) < 4.78 is 68.4. The second kappa shape index (κ2) is 10.1. The van der Waals surface area contributed by atoms with E-state index < -0.39 is 12.1 Å². The van der Waals surface area contributed by atoms with Crippen LogP contribution in [0.5, 0.6) is 0 Å². The predicted molar refractivity (Wildman–Crippen MR) is 217 cm³/mol. The van der Waals surface area contributed by atoms with E-state index in [0.717, 1.165) is 43.6 Å². The van der Waals surface area contributed by atoms with Crippen molar-refractivity contribution >= 4 is 97.7 Å². The van der Waals surface area contributed by atoms with E-state index >= 15 is 0 Å². The molecule has 1 heteroatoms. The molecule has 0 aliphatic heterocycles. The summed E-state index contributed by atoms with van der Waals surface area (Å²) in [6.07, 6.45) is 4.84. The Morgan fingerprint density at radius 3 is 1.98 bits per heavy atom. The minimum atomic E-state index is -0.451. The van der Waals surface area contributed by atoms with E-state index in [1.54, 1.807) is 0 Å². The summed E-state index contributed by atoms with van der Waals surface area (Å²) in [7, 11) is 0. The summed E-state index contributed by atoms with van der Waals surface area (Å²) in [6.45, 7) is 0. The summed E-state index contributed by atoms with van der Waals surface area (Å²) in [4.78, 5) is 0. The summed E-state index contributed by atoms with van der Waals surface area (Å²) in [5, 5.41) is 14.3. The van der Waals surface area contributed by atoms with Gasteiger partial charge in [0.05, 0.1) is 9.60 Å². The number of para-hydroxylation sites is 1. The lowest BCUT2D eigenvalue weighted by molar-refractivity contribution is 0.669. The summed E-state index contributed by atoms with van der Waals surface area (Å²) in [5.41, 5.74) is 3.87. The summed E-state index contributed by atoms with van der Waals surface area (Å²) in [5.74, 6) is -0.185. The van der Waals surface area contributed by atoms with Crippen molar-refractivity contribution in [3.8, 4) is 0 Å². The van der Waals surface area contributed by atoms with E-state index in [2.05, 4.69) is 121 Å². The highest BCUT2D eigenvalue weighted by Crippen LogP contribution is 2.47. The fraction of sp³-hybridized carbons (Fsp3) is 0.0400. The Balaban J connectivity index is 1.17. The third-order valence-corrected chi connectivity index (χ3v) is 11.1. The van der Waals surface area contributed by atoms with E-state index in [1.807, 2.05) is 0 Å². The van der Waals surface area contributed by atoms with E-state index in [4.69, 9.17) is 9.90 Å². The molecule has 1 unspecified atom stereocenters. The Morgan fingerprint density at radius 1 is 0.529 bits per heavy atom. The van der Waals surface area contributed by atoms with Crippen LogP contribution in [0.15, 0.2) is 168 Å². The van der Waals surface area contributed by atoms with Crippen molar-refractivity contribution in [1.82, 2.24) is 0 Å². The third kappa shape index (κ3) is 3.86. The van der Waals surface area contributed by atoms with Gasteiger partial charge >= 0.3 is 0 Å². The SMILES string of the molecule is [2H]c1c([2H])c([2H])c2c(oc3c([2H])c([2H])c(C4=CC(c5ccc6ccc7cccc8ccc5c6c78)CC(c5cc6cccc7ccc8cccc5c8c76)=C4)c([2H])c32)c1[2H]. The average Bonchev–Trinajstić information content (AvgIpc) is 3.67. The molecule has 0 spiro atoms. The first-order valence-corrected chi connectivity index (χ1v) is 17.4. The van der Waals surface area contributed by atoms with Crippen LogP contribution in [-0.4, -0.2) is 0 Å². The van der Waals surface area contributed by atoms with E-state index in [0.29, 0.717) is 12.0 Å². The van der Waals surface area contributed by atoms with Gasteiger partial charge in [-0.1, -0.05) is 139 Å². The van der Waals surface area contributed by atoms with E-state index in [9.17, 15) is 4.11 Å². The average molecular weight is 654 g/mol. The molecule has 0 bridgehead atoms. The molecule has 0 radical (unpaired) electrons. The molecule has 0 saturated heterocycles. The first kappa shape index (κ1) is 21.6. The van der Waals surface area contributed by atoms with Crippen molar-refractivity contribution in [3.63, 3.8) is 0 Å². The van der Waals surface area contributed by atoms with Crippen LogP contribution in [0.2, 0.25) is 0 Å². The minimum Gasteiger partial charge on any atom is -0.456 e. The van der Waals surface area contributed by atoms with Crippen LogP contribution in [-0.2, 0) is 0 Å². The maximum absolute atomic E-state index is 9.72. The normalized spacial score (nSPS) is 17.3.